The van der Waals surface area contributed by atoms with E-state index in [1.165, 1.54) is 7.11 Å². The number of carbonyl (C=O) groups excluding carboxylic acids is 2. The van der Waals surface area contributed by atoms with Crippen LogP contribution in [-0.2, 0) is 19.1 Å². The minimum Gasteiger partial charge on any atom is -0.468 e. The Morgan fingerprint density at radius 3 is 2.41 bits per heavy atom. The van der Waals surface area contributed by atoms with Crippen molar-refractivity contribution in [1.29, 1.82) is 0 Å². The summed E-state index contributed by atoms with van der Waals surface area (Å²) in [5.41, 5.74) is 0. The summed E-state index contributed by atoms with van der Waals surface area (Å²) in [6, 6.07) is -0.233. The summed E-state index contributed by atoms with van der Waals surface area (Å²) in [5, 5.41) is 0. The summed E-state index contributed by atoms with van der Waals surface area (Å²) in [5.74, 6) is -0.353. The highest BCUT2D eigenvalue weighted by Crippen LogP contribution is 2.20. The number of rotatable bonds is 4. The highest BCUT2D eigenvalue weighted by Gasteiger charge is 2.30. The standard InChI is InChI=1S/C12H21NO4/c1-4-17-12(15)10-5-7-13(8-6-10)9(2)11(14)16-3/h9-10H,4-8H2,1-3H3/t9-/m1/s1. The normalized spacial score (nSPS) is 19.7. The van der Waals surface area contributed by atoms with Gasteiger partial charge in [-0.2, -0.15) is 0 Å². The van der Waals surface area contributed by atoms with Gasteiger partial charge < -0.3 is 9.47 Å². The molecular weight excluding hydrogens is 222 g/mol. The molecule has 0 unspecified atom stereocenters. The molecule has 1 rings (SSSR count). The van der Waals surface area contributed by atoms with E-state index >= 15 is 0 Å². The van der Waals surface area contributed by atoms with E-state index in [9.17, 15) is 9.59 Å². The third kappa shape index (κ3) is 3.70. The molecule has 1 atom stereocenters. The quantitative estimate of drug-likeness (QED) is 0.684. The molecule has 0 amide bonds. The highest BCUT2D eigenvalue weighted by atomic mass is 16.5. The molecule has 0 radical (unpaired) electrons. The first-order chi connectivity index (χ1) is 8.10. The zero-order valence-corrected chi connectivity index (χ0v) is 10.8. The Balaban J connectivity index is 2.40. The van der Waals surface area contributed by atoms with E-state index in [4.69, 9.17) is 9.47 Å². The van der Waals surface area contributed by atoms with Crippen molar-refractivity contribution in [2.75, 3.05) is 26.8 Å². The minimum absolute atomic E-state index is 0.0175. The molecule has 1 fully saturated rings. The summed E-state index contributed by atoms with van der Waals surface area (Å²) < 4.78 is 9.70. The number of esters is 2. The summed E-state index contributed by atoms with van der Waals surface area (Å²) in [6.07, 6.45) is 1.50. The molecule has 0 spiro atoms. The number of hydrogen-bond donors (Lipinski definition) is 0. The number of likely N-dealkylation sites (tertiary alicyclic amines) is 1. The van der Waals surface area contributed by atoms with Crippen molar-refractivity contribution in [1.82, 2.24) is 4.90 Å². The second-order valence-corrected chi connectivity index (χ2v) is 4.26. The lowest BCUT2D eigenvalue weighted by molar-refractivity contribution is -0.151. The summed E-state index contributed by atoms with van der Waals surface area (Å²) in [7, 11) is 1.39. The summed E-state index contributed by atoms with van der Waals surface area (Å²) in [6.45, 7) is 5.54. The van der Waals surface area contributed by atoms with E-state index < -0.39 is 0 Å². The van der Waals surface area contributed by atoms with E-state index in [1.807, 2.05) is 18.7 Å². The number of methoxy groups -OCH3 is 1. The van der Waals surface area contributed by atoms with Gasteiger partial charge in [-0.25, -0.2) is 0 Å². The highest BCUT2D eigenvalue weighted by molar-refractivity contribution is 5.75. The molecule has 98 valence electrons. The zero-order valence-electron chi connectivity index (χ0n) is 10.8. The van der Waals surface area contributed by atoms with Gasteiger partial charge in [0.05, 0.1) is 19.6 Å². The molecule has 1 heterocycles. The fourth-order valence-corrected chi connectivity index (χ4v) is 2.10. The average molecular weight is 243 g/mol. The second-order valence-electron chi connectivity index (χ2n) is 4.26. The van der Waals surface area contributed by atoms with Crippen LogP contribution in [0.4, 0.5) is 0 Å². The monoisotopic (exact) mass is 243 g/mol. The Morgan fingerprint density at radius 1 is 1.35 bits per heavy atom. The number of piperidine rings is 1. The molecule has 0 bridgehead atoms. The van der Waals surface area contributed by atoms with Crippen LogP contribution in [0.3, 0.4) is 0 Å². The topological polar surface area (TPSA) is 55.8 Å². The molecule has 1 aliphatic heterocycles. The molecule has 17 heavy (non-hydrogen) atoms. The lowest BCUT2D eigenvalue weighted by atomic mass is 9.96. The van der Waals surface area contributed by atoms with Crippen molar-refractivity contribution in [3.63, 3.8) is 0 Å². The molecule has 5 nitrogen and oxygen atoms in total. The van der Waals surface area contributed by atoms with Crippen molar-refractivity contribution in [2.24, 2.45) is 5.92 Å². The van der Waals surface area contributed by atoms with Crippen LogP contribution in [0.5, 0.6) is 0 Å². The van der Waals surface area contributed by atoms with Crippen LogP contribution in [0.1, 0.15) is 26.7 Å². The number of carbonyl (C=O) groups is 2. The second kappa shape index (κ2) is 6.59. The first-order valence-corrected chi connectivity index (χ1v) is 6.08. The van der Waals surface area contributed by atoms with E-state index in [-0.39, 0.29) is 23.9 Å². The molecule has 0 aliphatic carbocycles. The molecule has 0 N–H and O–H groups in total. The van der Waals surface area contributed by atoms with Crippen molar-refractivity contribution < 1.29 is 19.1 Å². The van der Waals surface area contributed by atoms with Crippen LogP contribution < -0.4 is 0 Å². The summed E-state index contributed by atoms with van der Waals surface area (Å²) in [4.78, 5) is 24.9. The first-order valence-electron chi connectivity index (χ1n) is 6.08. The van der Waals surface area contributed by atoms with Crippen LogP contribution in [0.2, 0.25) is 0 Å². The van der Waals surface area contributed by atoms with Gasteiger partial charge in [0, 0.05) is 0 Å². The maximum Gasteiger partial charge on any atom is 0.322 e. The third-order valence-electron chi connectivity index (χ3n) is 3.24. The molecule has 0 aromatic carbocycles. The smallest absolute Gasteiger partial charge is 0.322 e. The Labute approximate surface area is 102 Å². The molecule has 0 saturated carbocycles. The Hall–Kier alpha value is -1.10. The first kappa shape index (κ1) is 14.0. The van der Waals surface area contributed by atoms with Gasteiger partial charge in [-0.3, -0.25) is 14.5 Å². The number of hydrogen-bond acceptors (Lipinski definition) is 5. The van der Waals surface area contributed by atoms with Crippen molar-refractivity contribution in [3.05, 3.63) is 0 Å². The lowest BCUT2D eigenvalue weighted by Gasteiger charge is -2.33. The largest absolute Gasteiger partial charge is 0.468 e. The van der Waals surface area contributed by atoms with Crippen molar-refractivity contribution >= 4 is 11.9 Å². The van der Waals surface area contributed by atoms with Crippen LogP contribution in [0.15, 0.2) is 0 Å². The molecule has 1 saturated heterocycles. The lowest BCUT2D eigenvalue weighted by Crippen LogP contribution is -2.45. The maximum atomic E-state index is 11.5. The van der Waals surface area contributed by atoms with Crippen LogP contribution in [0.25, 0.3) is 0 Å². The van der Waals surface area contributed by atoms with Gasteiger partial charge in [-0.1, -0.05) is 0 Å². The van der Waals surface area contributed by atoms with Gasteiger partial charge in [0.1, 0.15) is 6.04 Å². The van der Waals surface area contributed by atoms with Crippen molar-refractivity contribution in [3.8, 4) is 0 Å². The average Bonchev–Trinajstić information content (AvgIpc) is 2.37. The zero-order chi connectivity index (χ0) is 12.8. The fourth-order valence-electron chi connectivity index (χ4n) is 2.10. The SMILES string of the molecule is CCOC(=O)C1CCN([C@H](C)C(=O)OC)CC1. The summed E-state index contributed by atoms with van der Waals surface area (Å²) >= 11 is 0. The van der Waals surface area contributed by atoms with Crippen molar-refractivity contribution in [2.45, 2.75) is 32.7 Å². The van der Waals surface area contributed by atoms with E-state index in [0.717, 1.165) is 25.9 Å². The Kier molecular flexibility index (Phi) is 5.41. The van der Waals surface area contributed by atoms with Gasteiger partial charge in [0.2, 0.25) is 0 Å². The Morgan fingerprint density at radius 2 is 1.94 bits per heavy atom. The van der Waals surface area contributed by atoms with Gasteiger partial charge in [-0.05, 0) is 39.8 Å². The predicted octanol–water partition coefficient (Wildman–Crippen LogP) is 0.823. The minimum atomic E-state index is -0.233. The van der Waals surface area contributed by atoms with E-state index in [2.05, 4.69) is 0 Å². The van der Waals surface area contributed by atoms with Crippen LogP contribution in [0, 0.1) is 5.92 Å². The molecule has 0 aromatic rings. The number of nitrogens with zero attached hydrogens (tertiary/aromatic N) is 1. The predicted molar refractivity (Wildman–Crippen MR) is 62.4 cm³/mol. The Bertz CT molecular complexity index is 272. The van der Waals surface area contributed by atoms with Gasteiger partial charge in [0.25, 0.3) is 0 Å². The van der Waals surface area contributed by atoms with E-state index in [1.54, 1.807) is 0 Å². The van der Waals surface area contributed by atoms with E-state index in [0.29, 0.717) is 6.61 Å². The number of ether oxygens (including phenoxy) is 2. The van der Waals surface area contributed by atoms with Crippen LogP contribution in [-0.4, -0.2) is 49.7 Å². The molecule has 0 aromatic heterocycles. The molecular formula is C12H21NO4. The fraction of sp³-hybridized carbons (Fsp3) is 0.833. The molecule has 5 heteroatoms. The molecule has 1 aliphatic rings. The van der Waals surface area contributed by atoms with Gasteiger partial charge >= 0.3 is 11.9 Å². The van der Waals surface area contributed by atoms with Gasteiger partial charge in [0.15, 0.2) is 0 Å². The third-order valence-corrected chi connectivity index (χ3v) is 3.24. The van der Waals surface area contributed by atoms with Crippen LogP contribution >= 0.6 is 0 Å². The maximum absolute atomic E-state index is 11.5. The van der Waals surface area contributed by atoms with Gasteiger partial charge in [-0.15, -0.1) is 0 Å².